The Morgan fingerprint density at radius 2 is 1.95 bits per heavy atom. The lowest BCUT2D eigenvalue weighted by Gasteiger charge is -2.35. The number of hydrogen-bond acceptors (Lipinski definition) is 4. The van der Waals surface area contributed by atoms with Crippen molar-refractivity contribution in [2.24, 2.45) is 0 Å². The molecule has 1 atom stereocenters. The molecule has 0 spiro atoms. The van der Waals surface area contributed by atoms with Crippen LogP contribution in [-0.2, 0) is 14.6 Å². The zero-order valence-corrected chi connectivity index (χ0v) is 14.4. The van der Waals surface area contributed by atoms with Crippen molar-refractivity contribution in [2.75, 3.05) is 26.0 Å². The molecule has 1 saturated heterocycles. The van der Waals surface area contributed by atoms with Crippen LogP contribution in [0, 0.1) is 0 Å². The second kappa shape index (κ2) is 7.64. The van der Waals surface area contributed by atoms with Crippen molar-refractivity contribution in [2.45, 2.75) is 62.8 Å². The number of rotatable bonds is 4. The molecule has 0 aromatic heterocycles. The predicted molar refractivity (Wildman–Crippen MR) is 85.6 cm³/mol. The molecule has 2 rings (SSSR count). The van der Waals surface area contributed by atoms with Crippen LogP contribution in [0.4, 0.5) is 4.79 Å². The third kappa shape index (κ3) is 4.84. The van der Waals surface area contributed by atoms with Gasteiger partial charge in [-0.15, -0.1) is 0 Å². The number of carbonyl (C=O) groups is 1. The van der Waals surface area contributed by atoms with Gasteiger partial charge < -0.3 is 15.0 Å². The van der Waals surface area contributed by atoms with E-state index >= 15 is 0 Å². The van der Waals surface area contributed by atoms with Crippen LogP contribution in [0.2, 0.25) is 0 Å². The summed E-state index contributed by atoms with van der Waals surface area (Å²) in [5.74, 6) is 0. The summed E-state index contributed by atoms with van der Waals surface area (Å²) in [4.78, 5) is 14.2. The van der Waals surface area contributed by atoms with E-state index in [1.54, 1.807) is 0 Å². The van der Waals surface area contributed by atoms with E-state index in [2.05, 4.69) is 12.2 Å². The Kier molecular flexibility index (Phi) is 6.09. The molecule has 1 aliphatic carbocycles. The number of nitrogens with one attached hydrogen (secondary N) is 1. The normalized spacial score (nSPS) is 30.1. The predicted octanol–water partition coefficient (Wildman–Crippen LogP) is 1.55. The summed E-state index contributed by atoms with van der Waals surface area (Å²) in [5, 5.41) is 2.82. The van der Waals surface area contributed by atoms with Crippen molar-refractivity contribution in [1.29, 1.82) is 0 Å². The molecular weight excluding hydrogens is 304 g/mol. The third-order valence-corrected chi connectivity index (χ3v) is 6.33. The fourth-order valence-corrected chi connectivity index (χ4v) is 4.43. The van der Waals surface area contributed by atoms with E-state index in [0.717, 1.165) is 25.7 Å². The number of urea groups is 1. The summed E-state index contributed by atoms with van der Waals surface area (Å²) in [6.07, 6.45) is 6.25. The second-order valence-corrected chi connectivity index (χ2v) is 8.81. The van der Waals surface area contributed by atoms with Gasteiger partial charge in [0, 0.05) is 25.4 Å². The zero-order chi connectivity index (χ0) is 16.2. The Balaban J connectivity index is 1.78. The molecule has 2 amide bonds. The van der Waals surface area contributed by atoms with E-state index in [4.69, 9.17) is 4.74 Å². The molecule has 1 N–H and O–H groups in total. The van der Waals surface area contributed by atoms with E-state index in [0.29, 0.717) is 32.5 Å². The highest BCUT2D eigenvalue weighted by molar-refractivity contribution is 7.91. The summed E-state index contributed by atoms with van der Waals surface area (Å²) >= 11 is 0. The summed E-state index contributed by atoms with van der Waals surface area (Å²) in [6, 6.07) is 0.0604. The first-order valence-electron chi connectivity index (χ1n) is 8.26. The molecule has 1 unspecified atom stereocenters. The van der Waals surface area contributed by atoms with Gasteiger partial charge in [0.05, 0.1) is 18.0 Å². The molecule has 1 saturated carbocycles. The first-order chi connectivity index (χ1) is 10.4. The van der Waals surface area contributed by atoms with Crippen LogP contribution < -0.4 is 5.32 Å². The van der Waals surface area contributed by atoms with Crippen LogP contribution in [0.5, 0.6) is 0 Å². The number of amides is 2. The maximum absolute atomic E-state index is 12.3. The molecule has 1 aliphatic heterocycles. The van der Waals surface area contributed by atoms with Gasteiger partial charge in [-0.05, 0) is 32.1 Å². The topological polar surface area (TPSA) is 75.7 Å². The van der Waals surface area contributed by atoms with Gasteiger partial charge in [0.15, 0.2) is 0 Å². The largest absolute Gasteiger partial charge is 0.375 e. The summed E-state index contributed by atoms with van der Waals surface area (Å²) in [6.45, 7) is 3.99. The lowest BCUT2D eigenvalue weighted by molar-refractivity contribution is -0.0185. The molecule has 0 bridgehead atoms. The van der Waals surface area contributed by atoms with Crippen LogP contribution in [0.3, 0.4) is 0 Å². The fourth-order valence-electron chi connectivity index (χ4n) is 3.30. The Labute approximate surface area is 133 Å². The molecule has 7 heteroatoms. The van der Waals surface area contributed by atoms with Gasteiger partial charge in [0.2, 0.25) is 0 Å². The first-order valence-corrected chi connectivity index (χ1v) is 10.2. The summed E-state index contributed by atoms with van der Waals surface area (Å²) < 4.78 is 28.8. The molecule has 0 radical (unpaired) electrons. The maximum Gasteiger partial charge on any atom is 0.317 e. The van der Waals surface area contributed by atoms with Crippen molar-refractivity contribution >= 4 is 15.9 Å². The molecule has 22 heavy (non-hydrogen) atoms. The molecular formula is C15H28N2O4S. The van der Waals surface area contributed by atoms with E-state index in [9.17, 15) is 13.2 Å². The van der Waals surface area contributed by atoms with Crippen LogP contribution in [0.15, 0.2) is 0 Å². The van der Waals surface area contributed by atoms with Gasteiger partial charge in [-0.25, -0.2) is 13.2 Å². The lowest BCUT2D eigenvalue weighted by atomic mass is 9.95. The summed E-state index contributed by atoms with van der Waals surface area (Å²) in [5.41, 5.74) is 0. The minimum atomic E-state index is -2.95. The quantitative estimate of drug-likeness (QED) is 0.847. The molecule has 128 valence electrons. The number of morpholine rings is 1. The minimum Gasteiger partial charge on any atom is -0.375 e. The fraction of sp³-hybridized carbons (Fsp3) is 0.933. The van der Waals surface area contributed by atoms with Crippen molar-refractivity contribution < 1.29 is 17.9 Å². The number of nitrogens with zero attached hydrogens (tertiary/aromatic N) is 1. The average molecular weight is 332 g/mol. The van der Waals surface area contributed by atoms with E-state index < -0.39 is 9.84 Å². The number of ether oxygens (including phenoxy) is 1. The number of sulfone groups is 1. The zero-order valence-electron chi connectivity index (χ0n) is 13.6. The van der Waals surface area contributed by atoms with Crippen molar-refractivity contribution in [3.63, 3.8) is 0 Å². The number of carbonyl (C=O) groups excluding carboxylic acids is 1. The van der Waals surface area contributed by atoms with Gasteiger partial charge >= 0.3 is 6.03 Å². The Morgan fingerprint density at radius 1 is 1.27 bits per heavy atom. The Bertz CT molecular complexity index is 470. The Hall–Kier alpha value is -0.820. The van der Waals surface area contributed by atoms with Gasteiger partial charge in [0.1, 0.15) is 9.84 Å². The summed E-state index contributed by atoms with van der Waals surface area (Å²) in [7, 11) is -2.95. The highest BCUT2D eigenvalue weighted by atomic mass is 32.2. The van der Waals surface area contributed by atoms with Crippen molar-refractivity contribution in [1.82, 2.24) is 10.2 Å². The second-order valence-electron chi connectivity index (χ2n) is 6.48. The first kappa shape index (κ1) is 17.5. The molecule has 1 heterocycles. The van der Waals surface area contributed by atoms with E-state index in [1.165, 1.54) is 6.26 Å². The molecule has 0 aromatic carbocycles. The average Bonchev–Trinajstić information content (AvgIpc) is 2.47. The highest BCUT2D eigenvalue weighted by Crippen LogP contribution is 2.24. The minimum absolute atomic E-state index is 0.0350. The highest BCUT2D eigenvalue weighted by Gasteiger charge is 2.30. The number of hydrogen-bond donors (Lipinski definition) is 1. The monoisotopic (exact) mass is 332 g/mol. The standard InChI is InChI=1S/C15H28N2O4S/c1-3-4-13-11-17(9-10-21-13)15(18)16-12-5-7-14(8-6-12)22(2,19)20/h12-14H,3-11H2,1-2H3,(H,16,18). The van der Waals surface area contributed by atoms with Crippen LogP contribution in [-0.4, -0.2) is 62.7 Å². The van der Waals surface area contributed by atoms with Gasteiger partial charge in [0.25, 0.3) is 0 Å². The van der Waals surface area contributed by atoms with E-state index in [-0.39, 0.29) is 23.4 Å². The van der Waals surface area contributed by atoms with Crippen molar-refractivity contribution in [3.8, 4) is 0 Å². The van der Waals surface area contributed by atoms with E-state index in [1.807, 2.05) is 4.90 Å². The molecule has 2 fully saturated rings. The van der Waals surface area contributed by atoms with Gasteiger partial charge in [-0.3, -0.25) is 0 Å². The van der Waals surface area contributed by atoms with Crippen LogP contribution >= 0.6 is 0 Å². The smallest absolute Gasteiger partial charge is 0.317 e. The third-order valence-electron chi connectivity index (χ3n) is 4.64. The molecule has 2 aliphatic rings. The lowest BCUT2D eigenvalue weighted by Crippen LogP contribution is -2.52. The molecule has 0 aromatic rings. The van der Waals surface area contributed by atoms with Crippen molar-refractivity contribution in [3.05, 3.63) is 0 Å². The molecule has 6 nitrogen and oxygen atoms in total. The Morgan fingerprint density at radius 3 is 2.55 bits per heavy atom. The van der Waals surface area contributed by atoms with Crippen LogP contribution in [0.25, 0.3) is 0 Å². The van der Waals surface area contributed by atoms with Gasteiger partial charge in [-0.1, -0.05) is 13.3 Å². The maximum atomic E-state index is 12.3. The SMILES string of the molecule is CCCC1CN(C(=O)NC2CCC(S(C)(=O)=O)CC2)CCO1. The van der Waals surface area contributed by atoms with Gasteiger partial charge in [-0.2, -0.15) is 0 Å². The van der Waals surface area contributed by atoms with Crippen LogP contribution in [0.1, 0.15) is 45.4 Å².